The summed E-state index contributed by atoms with van der Waals surface area (Å²) in [6, 6.07) is 6.41. The first-order chi connectivity index (χ1) is 13.6. The van der Waals surface area contributed by atoms with E-state index in [-0.39, 0.29) is 0 Å². The summed E-state index contributed by atoms with van der Waals surface area (Å²) in [6.45, 7) is 6.36. The van der Waals surface area contributed by atoms with Crippen LogP contribution in [-0.4, -0.2) is 61.0 Å². The molecular formula is C22H31Cl2N3O. The minimum atomic E-state index is 0.390. The molecule has 0 bridgehead atoms. The number of piperazine rings is 1. The minimum absolute atomic E-state index is 0.390. The van der Waals surface area contributed by atoms with E-state index in [0.717, 1.165) is 57.2 Å². The molecule has 2 heterocycles. The van der Waals surface area contributed by atoms with Gasteiger partial charge in [0.1, 0.15) is 0 Å². The van der Waals surface area contributed by atoms with E-state index in [1.54, 1.807) is 0 Å². The van der Waals surface area contributed by atoms with Gasteiger partial charge in [0.2, 0.25) is 5.91 Å². The van der Waals surface area contributed by atoms with Gasteiger partial charge in [0.05, 0.1) is 15.7 Å². The average molecular weight is 424 g/mol. The maximum atomic E-state index is 12.0. The maximum absolute atomic E-state index is 12.0. The molecule has 0 atom stereocenters. The van der Waals surface area contributed by atoms with Gasteiger partial charge in [0.15, 0.2) is 0 Å². The van der Waals surface area contributed by atoms with Gasteiger partial charge < -0.3 is 9.80 Å². The number of carbonyl (C=O) groups is 1. The van der Waals surface area contributed by atoms with Crippen molar-refractivity contribution >= 4 is 34.8 Å². The fraction of sp³-hybridized carbons (Fsp3) is 0.682. The summed E-state index contributed by atoms with van der Waals surface area (Å²) < 4.78 is 0. The van der Waals surface area contributed by atoms with Crippen LogP contribution in [-0.2, 0) is 4.79 Å². The number of carbonyl (C=O) groups excluding carboxylic acids is 1. The van der Waals surface area contributed by atoms with Gasteiger partial charge in [-0.25, -0.2) is 0 Å². The van der Waals surface area contributed by atoms with Gasteiger partial charge in [-0.05, 0) is 63.1 Å². The van der Waals surface area contributed by atoms with E-state index < -0.39 is 0 Å². The van der Waals surface area contributed by atoms with Crippen molar-refractivity contribution in [3.63, 3.8) is 0 Å². The highest BCUT2D eigenvalue weighted by Gasteiger charge is 2.31. The standard InChI is InChI=1S/C22H31Cl2N3O/c23-19-3-1-4-20(22(19)24)26-15-13-25(14-16-26)12-10-17-6-8-18(9-7-17)27-11-2-5-21(27)28/h1,3-4,17-18H,2,5-16H2. The van der Waals surface area contributed by atoms with E-state index in [2.05, 4.69) is 20.8 Å². The molecule has 154 valence electrons. The molecule has 1 saturated carbocycles. The number of benzene rings is 1. The second-order valence-corrected chi connectivity index (χ2v) is 9.34. The summed E-state index contributed by atoms with van der Waals surface area (Å²) in [6.07, 6.45) is 8.10. The second kappa shape index (κ2) is 9.23. The van der Waals surface area contributed by atoms with Gasteiger partial charge in [-0.2, -0.15) is 0 Å². The van der Waals surface area contributed by atoms with Crippen molar-refractivity contribution < 1.29 is 4.79 Å². The molecule has 2 saturated heterocycles. The van der Waals surface area contributed by atoms with Crippen LogP contribution in [0, 0.1) is 5.92 Å². The molecule has 0 aromatic heterocycles. The molecule has 1 aliphatic carbocycles. The SMILES string of the molecule is O=C1CCCN1C1CCC(CCN2CCN(c3cccc(Cl)c3Cl)CC2)CC1. The summed E-state index contributed by atoms with van der Waals surface area (Å²) in [4.78, 5) is 19.1. The van der Waals surface area contributed by atoms with Crippen molar-refractivity contribution in [1.82, 2.24) is 9.80 Å². The molecule has 1 aromatic rings. The third kappa shape index (κ3) is 4.60. The average Bonchev–Trinajstić information content (AvgIpc) is 3.15. The Labute approximate surface area is 178 Å². The highest BCUT2D eigenvalue weighted by molar-refractivity contribution is 6.43. The lowest BCUT2D eigenvalue weighted by Gasteiger charge is -2.38. The maximum Gasteiger partial charge on any atom is 0.222 e. The zero-order valence-corrected chi connectivity index (χ0v) is 18.1. The first-order valence-corrected chi connectivity index (χ1v) is 11.6. The lowest BCUT2D eigenvalue weighted by molar-refractivity contribution is -0.130. The summed E-state index contributed by atoms with van der Waals surface area (Å²) in [5.74, 6) is 1.22. The first-order valence-electron chi connectivity index (χ1n) is 10.8. The van der Waals surface area contributed by atoms with Gasteiger partial charge in [-0.1, -0.05) is 29.3 Å². The van der Waals surface area contributed by atoms with Crippen molar-refractivity contribution in [2.24, 2.45) is 5.92 Å². The third-order valence-electron chi connectivity index (χ3n) is 6.86. The fourth-order valence-corrected chi connectivity index (χ4v) is 5.53. The largest absolute Gasteiger partial charge is 0.368 e. The van der Waals surface area contributed by atoms with Gasteiger partial charge in [0.25, 0.3) is 0 Å². The molecule has 0 radical (unpaired) electrons. The van der Waals surface area contributed by atoms with Crippen LogP contribution in [0.25, 0.3) is 0 Å². The molecule has 4 nitrogen and oxygen atoms in total. The molecule has 0 N–H and O–H groups in total. The van der Waals surface area contributed by atoms with E-state index in [1.807, 2.05) is 12.1 Å². The normalized spacial score (nSPS) is 26.9. The molecule has 3 fully saturated rings. The number of nitrogens with zero attached hydrogens (tertiary/aromatic N) is 3. The fourth-order valence-electron chi connectivity index (χ4n) is 5.11. The van der Waals surface area contributed by atoms with Crippen LogP contribution in [0.1, 0.15) is 44.9 Å². The Balaban J connectivity index is 1.18. The Morgan fingerprint density at radius 3 is 2.39 bits per heavy atom. The van der Waals surface area contributed by atoms with Gasteiger partial charge in [-0.15, -0.1) is 0 Å². The van der Waals surface area contributed by atoms with Crippen LogP contribution >= 0.6 is 23.2 Å². The summed E-state index contributed by atoms with van der Waals surface area (Å²) in [5.41, 5.74) is 1.06. The van der Waals surface area contributed by atoms with E-state index in [9.17, 15) is 4.79 Å². The third-order valence-corrected chi connectivity index (χ3v) is 7.67. The first kappa shape index (κ1) is 20.3. The van der Waals surface area contributed by atoms with Crippen molar-refractivity contribution in [2.75, 3.05) is 44.2 Å². The molecular weight excluding hydrogens is 393 g/mol. The van der Waals surface area contributed by atoms with Crippen molar-refractivity contribution in [2.45, 2.75) is 51.0 Å². The summed E-state index contributed by atoms with van der Waals surface area (Å²) >= 11 is 12.5. The van der Waals surface area contributed by atoms with Crippen LogP contribution < -0.4 is 4.90 Å². The number of anilines is 1. The number of halogens is 2. The second-order valence-electron chi connectivity index (χ2n) is 8.56. The van der Waals surface area contributed by atoms with Gasteiger partial charge in [0, 0.05) is 45.2 Å². The number of rotatable bonds is 5. The smallest absolute Gasteiger partial charge is 0.222 e. The van der Waals surface area contributed by atoms with E-state index in [4.69, 9.17) is 23.2 Å². The topological polar surface area (TPSA) is 26.8 Å². The van der Waals surface area contributed by atoms with Crippen LogP contribution in [0.3, 0.4) is 0 Å². The van der Waals surface area contributed by atoms with Crippen LogP contribution in [0.5, 0.6) is 0 Å². The zero-order chi connectivity index (χ0) is 19.5. The summed E-state index contributed by atoms with van der Waals surface area (Å²) in [5, 5.41) is 1.30. The molecule has 1 amide bonds. The highest BCUT2D eigenvalue weighted by atomic mass is 35.5. The zero-order valence-electron chi connectivity index (χ0n) is 16.6. The lowest BCUT2D eigenvalue weighted by Crippen LogP contribution is -2.47. The van der Waals surface area contributed by atoms with Crippen molar-refractivity contribution in [3.05, 3.63) is 28.2 Å². The van der Waals surface area contributed by atoms with Crippen molar-refractivity contribution in [3.8, 4) is 0 Å². The Kier molecular flexibility index (Phi) is 6.70. The monoisotopic (exact) mass is 423 g/mol. The van der Waals surface area contributed by atoms with Crippen LogP contribution in [0.2, 0.25) is 10.0 Å². The molecule has 0 spiro atoms. The molecule has 0 unspecified atom stereocenters. The Morgan fingerprint density at radius 1 is 0.964 bits per heavy atom. The highest BCUT2D eigenvalue weighted by Crippen LogP contribution is 2.34. The predicted molar refractivity (Wildman–Crippen MR) is 116 cm³/mol. The van der Waals surface area contributed by atoms with Crippen molar-refractivity contribution in [1.29, 1.82) is 0 Å². The van der Waals surface area contributed by atoms with E-state index in [1.165, 1.54) is 38.6 Å². The Bertz CT molecular complexity index is 682. The summed E-state index contributed by atoms with van der Waals surface area (Å²) in [7, 11) is 0. The Morgan fingerprint density at radius 2 is 1.71 bits per heavy atom. The number of likely N-dealkylation sites (tertiary alicyclic amines) is 1. The molecule has 3 aliphatic rings. The van der Waals surface area contributed by atoms with E-state index >= 15 is 0 Å². The molecule has 6 heteroatoms. The minimum Gasteiger partial charge on any atom is -0.368 e. The molecule has 4 rings (SSSR count). The molecule has 2 aliphatic heterocycles. The van der Waals surface area contributed by atoms with Gasteiger partial charge in [-0.3, -0.25) is 9.69 Å². The molecule has 1 aromatic carbocycles. The Hall–Kier alpha value is -0.970. The molecule has 28 heavy (non-hydrogen) atoms. The van der Waals surface area contributed by atoms with Crippen LogP contribution in [0.4, 0.5) is 5.69 Å². The number of hydrogen-bond donors (Lipinski definition) is 0. The van der Waals surface area contributed by atoms with Gasteiger partial charge >= 0.3 is 0 Å². The van der Waals surface area contributed by atoms with Crippen LogP contribution in [0.15, 0.2) is 18.2 Å². The number of hydrogen-bond acceptors (Lipinski definition) is 3. The van der Waals surface area contributed by atoms with E-state index in [0.29, 0.717) is 22.0 Å². The predicted octanol–water partition coefficient (Wildman–Crippen LogP) is 4.69. The number of amides is 1. The quantitative estimate of drug-likeness (QED) is 0.687. The lowest BCUT2D eigenvalue weighted by atomic mass is 9.83.